The van der Waals surface area contributed by atoms with E-state index < -0.39 is 0 Å². The number of methoxy groups -OCH3 is 1. The van der Waals surface area contributed by atoms with Gasteiger partial charge in [-0.3, -0.25) is 14.7 Å². The predicted octanol–water partition coefficient (Wildman–Crippen LogP) is 0.592. The molecule has 1 aliphatic heterocycles. The highest BCUT2D eigenvalue weighted by molar-refractivity contribution is 5.94. The van der Waals surface area contributed by atoms with E-state index in [0.717, 1.165) is 51.5 Å². The average molecular weight is 322 g/mol. The van der Waals surface area contributed by atoms with Gasteiger partial charge in [0, 0.05) is 58.8 Å². The molecule has 0 aromatic carbocycles. The summed E-state index contributed by atoms with van der Waals surface area (Å²) in [4.78, 5) is 18.6. The Balaban J connectivity index is 1.72. The minimum atomic E-state index is -0.0914. The summed E-state index contributed by atoms with van der Waals surface area (Å²) < 4.78 is 10.3. The molecular formula is C16H26N4O3. The number of anilines is 1. The zero-order valence-corrected chi connectivity index (χ0v) is 13.7. The second kappa shape index (κ2) is 10.1. The number of hydrogen-bond acceptors (Lipinski definition) is 6. The van der Waals surface area contributed by atoms with E-state index in [1.807, 2.05) is 6.07 Å². The molecule has 0 atom stereocenters. The lowest BCUT2D eigenvalue weighted by atomic mass is 10.2. The van der Waals surface area contributed by atoms with Gasteiger partial charge in [0.1, 0.15) is 0 Å². The molecule has 7 heteroatoms. The zero-order chi connectivity index (χ0) is 16.3. The third-order valence-electron chi connectivity index (χ3n) is 3.67. The number of carbonyl (C=O) groups is 1. The van der Waals surface area contributed by atoms with Crippen LogP contribution in [-0.2, 0) is 9.47 Å². The van der Waals surface area contributed by atoms with Gasteiger partial charge in [-0.2, -0.15) is 0 Å². The van der Waals surface area contributed by atoms with Crippen LogP contribution in [0.4, 0.5) is 5.69 Å². The standard InChI is InChI=1S/C16H26N4O3/c1-22-8-2-3-18-15-11-14(12-17-13-15)16(21)19-4-5-20-6-9-23-10-7-20/h11-13,18H,2-10H2,1H3,(H,19,21). The molecule has 0 bridgehead atoms. The Bertz CT molecular complexity index is 478. The monoisotopic (exact) mass is 322 g/mol. The van der Waals surface area contributed by atoms with Gasteiger partial charge in [0.2, 0.25) is 0 Å². The summed E-state index contributed by atoms with van der Waals surface area (Å²) in [6.45, 7) is 6.38. The maximum absolute atomic E-state index is 12.2. The first-order chi connectivity index (χ1) is 11.3. The summed E-state index contributed by atoms with van der Waals surface area (Å²) in [6.07, 6.45) is 4.22. The van der Waals surface area contributed by atoms with Crippen molar-refractivity contribution in [3.8, 4) is 0 Å². The topological polar surface area (TPSA) is 75.7 Å². The number of morpholine rings is 1. The maximum atomic E-state index is 12.2. The Morgan fingerprint density at radius 2 is 2.17 bits per heavy atom. The fourth-order valence-corrected chi connectivity index (χ4v) is 2.36. The van der Waals surface area contributed by atoms with Crippen LogP contribution in [0.3, 0.4) is 0 Å². The van der Waals surface area contributed by atoms with E-state index in [4.69, 9.17) is 9.47 Å². The largest absolute Gasteiger partial charge is 0.385 e. The molecule has 128 valence electrons. The molecular weight excluding hydrogens is 296 g/mol. The fraction of sp³-hybridized carbons (Fsp3) is 0.625. The Morgan fingerprint density at radius 3 is 2.96 bits per heavy atom. The summed E-state index contributed by atoms with van der Waals surface area (Å²) in [6, 6.07) is 1.82. The van der Waals surface area contributed by atoms with Crippen LogP contribution in [0.5, 0.6) is 0 Å². The highest BCUT2D eigenvalue weighted by Crippen LogP contribution is 2.08. The molecule has 7 nitrogen and oxygen atoms in total. The first-order valence-corrected chi connectivity index (χ1v) is 8.06. The maximum Gasteiger partial charge on any atom is 0.252 e. The van der Waals surface area contributed by atoms with Crippen molar-refractivity contribution in [2.75, 3.05) is 65.0 Å². The van der Waals surface area contributed by atoms with Crippen LogP contribution in [0.2, 0.25) is 0 Å². The van der Waals surface area contributed by atoms with Gasteiger partial charge in [-0.05, 0) is 12.5 Å². The molecule has 1 aromatic heterocycles. The van der Waals surface area contributed by atoms with E-state index in [0.29, 0.717) is 18.7 Å². The minimum absolute atomic E-state index is 0.0914. The Hall–Kier alpha value is -1.70. The molecule has 1 aromatic rings. The van der Waals surface area contributed by atoms with Crippen LogP contribution in [0.15, 0.2) is 18.5 Å². The average Bonchev–Trinajstić information content (AvgIpc) is 2.60. The van der Waals surface area contributed by atoms with Crippen molar-refractivity contribution in [1.29, 1.82) is 0 Å². The van der Waals surface area contributed by atoms with E-state index in [1.54, 1.807) is 19.5 Å². The Labute approximate surface area is 137 Å². The van der Waals surface area contributed by atoms with Crippen molar-refractivity contribution < 1.29 is 14.3 Å². The number of aromatic nitrogens is 1. The summed E-state index contributed by atoms with van der Waals surface area (Å²) in [7, 11) is 1.68. The molecule has 0 aliphatic carbocycles. The Kier molecular flexibility index (Phi) is 7.79. The van der Waals surface area contributed by atoms with Crippen molar-refractivity contribution in [2.45, 2.75) is 6.42 Å². The van der Waals surface area contributed by atoms with Crippen molar-refractivity contribution in [3.63, 3.8) is 0 Å². The van der Waals surface area contributed by atoms with Gasteiger partial charge in [0.25, 0.3) is 5.91 Å². The molecule has 1 amide bonds. The van der Waals surface area contributed by atoms with E-state index in [1.165, 1.54) is 0 Å². The van der Waals surface area contributed by atoms with Gasteiger partial charge < -0.3 is 20.1 Å². The SMILES string of the molecule is COCCCNc1cncc(C(=O)NCCN2CCOCC2)c1. The second-order valence-corrected chi connectivity index (χ2v) is 5.45. The summed E-state index contributed by atoms with van der Waals surface area (Å²) in [5.74, 6) is -0.0914. The predicted molar refractivity (Wildman–Crippen MR) is 88.8 cm³/mol. The third-order valence-corrected chi connectivity index (χ3v) is 3.67. The van der Waals surface area contributed by atoms with Gasteiger partial charge in [-0.25, -0.2) is 0 Å². The normalized spacial score (nSPS) is 15.3. The van der Waals surface area contributed by atoms with Crippen molar-refractivity contribution in [1.82, 2.24) is 15.2 Å². The number of nitrogens with one attached hydrogen (secondary N) is 2. The van der Waals surface area contributed by atoms with E-state index >= 15 is 0 Å². The molecule has 0 saturated carbocycles. The van der Waals surface area contributed by atoms with Crippen LogP contribution < -0.4 is 10.6 Å². The molecule has 0 spiro atoms. The molecule has 0 unspecified atom stereocenters. The number of hydrogen-bond donors (Lipinski definition) is 2. The lowest BCUT2D eigenvalue weighted by molar-refractivity contribution is 0.0383. The summed E-state index contributed by atoms with van der Waals surface area (Å²) in [5.41, 5.74) is 1.42. The van der Waals surface area contributed by atoms with Crippen LogP contribution in [0.1, 0.15) is 16.8 Å². The number of ether oxygens (including phenoxy) is 2. The van der Waals surface area contributed by atoms with Gasteiger partial charge in [0.15, 0.2) is 0 Å². The van der Waals surface area contributed by atoms with Crippen LogP contribution in [0, 0.1) is 0 Å². The van der Waals surface area contributed by atoms with Gasteiger partial charge >= 0.3 is 0 Å². The summed E-state index contributed by atoms with van der Waals surface area (Å²) in [5, 5.41) is 6.18. The molecule has 1 fully saturated rings. The second-order valence-electron chi connectivity index (χ2n) is 5.45. The lowest BCUT2D eigenvalue weighted by Crippen LogP contribution is -2.41. The lowest BCUT2D eigenvalue weighted by Gasteiger charge is -2.26. The number of amides is 1. The van der Waals surface area contributed by atoms with Crippen molar-refractivity contribution >= 4 is 11.6 Å². The van der Waals surface area contributed by atoms with Gasteiger partial charge in [0.05, 0.1) is 24.5 Å². The summed E-state index contributed by atoms with van der Waals surface area (Å²) >= 11 is 0. The number of pyridine rings is 1. The zero-order valence-electron chi connectivity index (χ0n) is 13.7. The van der Waals surface area contributed by atoms with Gasteiger partial charge in [-0.1, -0.05) is 0 Å². The fourth-order valence-electron chi connectivity index (χ4n) is 2.36. The number of nitrogens with zero attached hydrogens (tertiary/aromatic N) is 2. The highest BCUT2D eigenvalue weighted by Gasteiger charge is 2.11. The highest BCUT2D eigenvalue weighted by atomic mass is 16.5. The molecule has 1 saturated heterocycles. The quantitative estimate of drug-likeness (QED) is 0.648. The first kappa shape index (κ1) is 17.7. The Morgan fingerprint density at radius 1 is 1.35 bits per heavy atom. The van der Waals surface area contributed by atoms with E-state index in [-0.39, 0.29) is 5.91 Å². The van der Waals surface area contributed by atoms with Crippen molar-refractivity contribution in [2.24, 2.45) is 0 Å². The van der Waals surface area contributed by atoms with Crippen molar-refractivity contribution in [3.05, 3.63) is 24.0 Å². The third kappa shape index (κ3) is 6.52. The number of rotatable bonds is 9. The van der Waals surface area contributed by atoms with Crippen LogP contribution in [-0.4, -0.2) is 75.4 Å². The van der Waals surface area contributed by atoms with Gasteiger partial charge in [-0.15, -0.1) is 0 Å². The molecule has 2 rings (SSSR count). The molecule has 23 heavy (non-hydrogen) atoms. The first-order valence-electron chi connectivity index (χ1n) is 8.06. The molecule has 2 N–H and O–H groups in total. The smallest absolute Gasteiger partial charge is 0.252 e. The minimum Gasteiger partial charge on any atom is -0.385 e. The van der Waals surface area contributed by atoms with E-state index in [2.05, 4.69) is 20.5 Å². The molecule has 2 heterocycles. The molecule has 1 aliphatic rings. The van der Waals surface area contributed by atoms with E-state index in [9.17, 15) is 4.79 Å². The molecule has 0 radical (unpaired) electrons. The number of carbonyl (C=O) groups excluding carboxylic acids is 1. The van der Waals surface area contributed by atoms with Crippen LogP contribution >= 0.6 is 0 Å². The van der Waals surface area contributed by atoms with Crippen LogP contribution in [0.25, 0.3) is 0 Å².